The van der Waals surface area contributed by atoms with Crippen LogP contribution < -0.4 is 10.4 Å². The lowest BCUT2D eigenvalue weighted by Crippen LogP contribution is -2.22. The van der Waals surface area contributed by atoms with Gasteiger partial charge < -0.3 is 23.7 Å². The fourth-order valence-corrected chi connectivity index (χ4v) is 3.14. The highest BCUT2D eigenvalue weighted by molar-refractivity contribution is 5.91. The number of ether oxygens (including phenoxy) is 3. The van der Waals surface area contributed by atoms with Gasteiger partial charge in [-0.3, -0.25) is 0 Å². The van der Waals surface area contributed by atoms with E-state index in [1.807, 2.05) is 13.0 Å². The number of hydrogen-bond acceptors (Lipinski definition) is 7. The first-order valence-electron chi connectivity index (χ1n) is 8.34. The molecule has 0 bridgehead atoms. The summed E-state index contributed by atoms with van der Waals surface area (Å²) in [5, 5.41) is 9.89. The first-order chi connectivity index (χ1) is 12.5. The van der Waals surface area contributed by atoms with E-state index in [0.29, 0.717) is 24.4 Å². The van der Waals surface area contributed by atoms with Crippen LogP contribution in [0.1, 0.15) is 13.3 Å². The lowest BCUT2D eigenvalue weighted by atomic mass is 9.99. The Kier molecular flexibility index (Phi) is 4.05. The van der Waals surface area contributed by atoms with Crippen LogP contribution in [0.2, 0.25) is 0 Å². The molecule has 4 rings (SSSR count). The SMILES string of the molecule is C[C@]1(C[C@H]2C=C(CO)C(=O)O2)O[C@H]1COc1ccc2ccc(=O)oc2c1. The summed E-state index contributed by atoms with van der Waals surface area (Å²) < 4.78 is 21.8. The number of aliphatic hydroxyl groups excluding tert-OH is 1. The van der Waals surface area contributed by atoms with Crippen molar-refractivity contribution in [3.05, 3.63) is 52.4 Å². The molecule has 1 fully saturated rings. The Balaban J connectivity index is 1.35. The summed E-state index contributed by atoms with van der Waals surface area (Å²) in [6, 6.07) is 8.37. The molecule has 2 aromatic rings. The molecule has 0 spiro atoms. The van der Waals surface area contributed by atoms with E-state index in [1.165, 1.54) is 6.07 Å². The topological polar surface area (TPSA) is 98.5 Å². The summed E-state index contributed by atoms with van der Waals surface area (Å²) >= 11 is 0. The van der Waals surface area contributed by atoms with E-state index in [4.69, 9.17) is 23.7 Å². The van der Waals surface area contributed by atoms with Crippen LogP contribution in [0, 0.1) is 0 Å². The summed E-state index contributed by atoms with van der Waals surface area (Å²) in [4.78, 5) is 22.8. The van der Waals surface area contributed by atoms with Crippen molar-refractivity contribution in [1.82, 2.24) is 0 Å². The molecule has 0 amide bonds. The number of esters is 1. The molecule has 1 saturated heterocycles. The maximum Gasteiger partial charge on any atom is 0.336 e. The average molecular weight is 358 g/mol. The van der Waals surface area contributed by atoms with Crippen LogP contribution in [0.25, 0.3) is 11.0 Å². The van der Waals surface area contributed by atoms with E-state index in [9.17, 15) is 9.59 Å². The molecule has 26 heavy (non-hydrogen) atoms. The summed E-state index contributed by atoms with van der Waals surface area (Å²) in [5.41, 5.74) is -0.108. The highest BCUT2D eigenvalue weighted by Gasteiger charge is 2.54. The number of hydrogen-bond donors (Lipinski definition) is 1. The maximum absolute atomic E-state index is 11.5. The molecule has 1 aromatic heterocycles. The number of cyclic esters (lactones) is 1. The van der Waals surface area contributed by atoms with Gasteiger partial charge in [0.25, 0.3) is 0 Å². The highest BCUT2D eigenvalue weighted by atomic mass is 16.6. The summed E-state index contributed by atoms with van der Waals surface area (Å²) in [5.74, 6) is 0.103. The van der Waals surface area contributed by atoms with E-state index in [1.54, 1.807) is 24.3 Å². The van der Waals surface area contributed by atoms with Gasteiger partial charge in [0.15, 0.2) is 0 Å². The largest absolute Gasteiger partial charge is 0.491 e. The van der Waals surface area contributed by atoms with Gasteiger partial charge >= 0.3 is 11.6 Å². The zero-order chi connectivity index (χ0) is 18.3. The van der Waals surface area contributed by atoms with Gasteiger partial charge in [-0.15, -0.1) is 0 Å². The third-order valence-corrected chi connectivity index (χ3v) is 4.72. The summed E-state index contributed by atoms with van der Waals surface area (Å²) in [6.45, 7) is 1.94. The molecular formula is C19H18O7. The van der Waals surface area contributed by atoms with E-state index < -0.39 is 23.3 Å². The summed E-state index contributed by atoms with van der Waals surface area (Å²) in [6.07, 6.45) is 1.61. The lowest BCUT2D eigenvalue weighted by molar-refractivity contribution is -0.140. The Hall–Kier alpha value is -2.64. The first-order valence-corrected chi connectivity index (χ1v) is 8.34. The third kappa shape index (κ3) is 3.23. The number of fused-ring (bicyclic) bond motifs is 1. The Morgan fingerprint density at radius 1 is 1.23 bits per heavy atom. The minimum absolute atomic E-state index is 0.133. The monoisotopic (exact) mass is 358 g/mol. The number of rotatable bonds is 6. The molecular weight excluding hydrogens is 340 g/mol. The predicted molar refractivity (Wildman–Crippen MR) is 90.9 cm³/mol. The second-order valence-corrected chi connectivity index (χ2v) is 6.68. The van der Waals surface area contributed by atoms with Crippen LogP contribution in [-0.4, -0.2) is 42.1 Å². The van der Waals surface area contributed by atoms with Gasteiger partial charge in [-0.25, -0.2) is 9.59 Å². The standard InChI is InChI=1S/C19H18O7/c1-19(8-14-6-12(9-20)18(22)24-14)16(26-19)10-23-13-4-2-11-3-5-17(21)25-15(11)7-13/h2-7,14,16,20H,8-10H2,1H3/t14-,16+,19-/m1/s1. The zero-order valence-electron chi connectivity index (χ0n) is 14.1. The molecule has 7 nitrogen and oxygen atoms in total. The fourth-order valence-electron chi connectivity index (χ4n) is 3.14. The van der Waals surface area contributed by atoms with Crippen molar-refractivity contribution in [1.29, 1.82) is 0 Å². The first kappa shape index (κ1) is 16.8. The Labute approximate surface area is 148 Å². The minimum atomic E-state index is -0.479. The number of benzene rings is 1. The van der Waals surface area contributed by atoms with Crippen molar-refractivity contribution in [2.45, 2.75) is 31.2 Å². The van der Waals surface area contributed by atoms with Crippen molar-refractivity contribution >= 4 is 16.9 Å². The van der Waals surface area contributed by atoms with Gasteiger partial charge in [-0.2, -0.15) is 0 Å². The van der Waals surface area contributed by atoms with Gasteiger partial charge in [0, 0.05) is 23.9 Å². The molecule has 136 valence electrons. The number of carbonyl (C=O) groups is 1. The van der Waals surface area contributed by atoms with Crippen LogP contribution in [-0.2, 0) is 14.3 Å². The minimum Gasteiger partial charge on any atom is -0.491 e. The van der Waals surface area contributed by atoms with Gasteiger partial charge in [0.1, 0.15) is 30.1 Å². The normalized spacial score (nSPS) is 27.3. The molecule has 0 saturated carbocycles. The quantitative estimate of drug-likeness (QED) is 0.475. The lowest BCUT2D eigenvalue weighted by Gasteiger charge is -2.12. The molecule has 3 atom stereocenters. The third-order valence-electron chi connectivity index (χ3n) is 4.72. The number of aliphatic hydroxyl groups is 1. The van der Waals surface area contributed by atoms with Crippen molar-refractivity contribution in [3.8, 4) is 5.75 Å². The van der Waals surface area contributed by atoms with E-state index in [-0.39, 0.29) is 18.3 Å². The van der Waals surface area contributed by atoms with E-state index >= 15 is 0 Å². The summed E-state index contributed by atoms with van der Waals surface area (Å²) in [7, 11) is 0. The van der Waals surface area contributed by atoms with Crippen LogP contribution in [0.3, 0.4) is 0 Å². The smallest absolute Gasteiger partial charge is 0.336 e. The highest BCUT2D eigenvalue weighted by Crippen LogP contribution is 2.42. The average Bonchev–Trinajstić information content (AvgIpc) is 3.11. The van der Waals surface area contributed by atoms with Gasteiger partial charge in [-0.1, -0.05) is 0 Å². The molecule has 0 radical (unpaired) electrons. The maximum atomic E-state index is 11.5. The molecule has 0 aliphatic carbocycles. The molecule has 2 aliphatic rings. The van der Waals surface area contributed by atoms with Crippen molar-refractivity contribution in [2.75, 3.05) is 13.2 Å². The second-order valence-electron chi connectivity index (χ2n) is 6.68. The molecule has 1 aromatic carbocycles. The zero-order valence-corrected chi connectivity index (χ0v) is 14.1. The second kappa shape index (κ2) is 6.26. The molecule has 7 heteroatoms. The predicted octanol–water partition coefficient (Wildman–Crippen LogP) is 1.56. The van der Waals surface area contributed by atoms with Crippen LogP contribution in [0.4, 0.5) is 0 Å². The fraction of sp³-hybridized carbons (Fsp3) is 0.368. The number of carbonyl (C=O) groups excluding carboxylic acids is 1. The number of epoxide rings is 1. The molecule has 3 heterocycles. The van der Waals surface area contributed by atoms with Gasteiger partial charge in [-0.05, 0) is 31.2 Å². The Bertz CT molecular complexity index is 944. The van der Waals surface area contributed by atoms with Crippen LogP contribution in [0.15, 0.2) is 51.2 Å². The molecule has 0 unspecified atom stereocenters. The van der Waals surface area contributed by atoms with Crippen LogP contribution in [0.5, 0.6) is 5.75 Å². The van der Waals surface area contributed by atoms with Gasteiger partial charge in [0.2, 0.25) is 0 Å². The molecule has 2 aliphatic heterocycles. The Morgan fingerprint density at radius 3 is 2.81 bits per heavy atom. The van der Waals surface area contributed by atoms with Crippen molar-refractivity contribution in [3.63, 3.8) is 0 Å². The van der Waals surface area contributed by atoms with Crippen molar-refractivity contribution in [2.24, 2.45) is 0 Å². The van der Waals surface area contributed by atoms with Crippen molar-refractivity contribution < 1.29 is 28.5 Å². The van der Waals surface area contributed by atoms with E-state index in [0.717, 1.165) is 5.39 Å². The van der Waals surface area contributed by atoms with Crippen LogP contribution >= 0.6 is 0 Å². The Morgan fingerprint density at radius 2 is 2.04 bits per heavy atom. The molecule has 1 N–H and O–H groups in total. The van der Waals surface area contributed by atoms with E-state index in [2.05, 4.69) is 0 Å². The van der Waals surface area contributed by atoms with Gasteiger partial charge in [0.05, 0.1) is 17.8 Å².